The minimum absolute atomic E-state index is 0.163. The van der Waals surface area contributed by atoms with Crippen molar-refractivity contribution in [2.45, 2.75) is 19.3 Å². The third-order valence-corrected chi connectivity index (χ3v) is 3.68. The number of esters is 1. The highest BCUT2D eigenvalue weighted by molar-refractivity contribution is 5.92. The van der Waals surface area contributed by atoms with Crippen LogP contribution in [0.3, 0.4) is 0 Å². The third-order valence-electron chi connectivity index (χ3n) is 3.68. The SMILES string of the molecule is COc1ccccc1CCC(=O)OCC(=O)Nc1ccc(CC#N)cc1. The van der Waals surface area contributed by atoms with E-state index in [1.165, 1.54) is 0 Å². The van der Waals surface area contributed by atoms with E-state index in [0.29, 0.717) is 18.5 Å². The lowest BCUT2D eigenvalue weighted by Gasteiger charge is -2.09. The predicted molar refractivity (Wildman–Crippen MR) is 96.7 cm³/mol. The summed E-state index contributed by atoms with van der Waals surface area (Å²) in [4.78, 5) is 23.7. The Morgan fingerprint density at radius 2 is 1.85 bits per heavy atom. The summed E-state index contributed by atoms with van der Waals surface area (Å²) in [6.07, 6.45) is 0.958. The second-order valence-corrected chi connectivity index (χ2v) is 5.55. The number of anilines is 1. The fraction of sp³-hybridized carbons (Fsp3) is 0.250. The van der Waals surface area contributed by atoms with Crippen molar-refractivity contribution >= 4 is 17.6 Å². The van der Waals surface area contributed by atoms with Crippen LogP contribution in [0.4, 0.5) is 5.69 Å². The molecular formula is C20H20N2O4. The van der Waals surface area contributed by atoms with Gasteiger partial charge in [0.2, 0.25) is 0 Å². The van der Waals surface area contributed by atoms with Crippen LogP contribution in [0, 0.1) is 11.3 Å². The van der Waals surface area contributed by atoms with Gasteiger partial charge in [-0.25, -0.2) is 0 Å². The number of benzene rings is 2. The molecule has 6 heteroatoms. The number of hydrogen-bond donors (Lipinski definition) is 1. The summed E-state index contributed by atoms with van der Waals surface area (Å²) in [7, 11) is 1.58. The molecule has 0 aliphatic carbocycles. The molecule has 0 atom stereocenters. The summed E-state index contributed by atoms with van der Waals surface area (Å²) in [6, 6.07) is 16.4. The van der Waals surface area contributed by atoms with Gasteiger partial charge in [-0.2, -0.15) is 5.26 Å². The second-order valence-electron chi connectivity index (χ2n) is 5.55. The zero-order valence-corrected chi connectivity index (χ0v) is 14.5. The summed E-state index contributed by atoms with van der Waals surface area (Å²) in [5.41, 5.74) is 2.36. The summed E-state index contributed by atoms with van der Waals surface area (Å²) < 4.78 is 10.2. The normalized spacial score (nSPS) is 9.85. The zero-order valence-electron chi connectivity index (χ0n) is 14.5. The second kappa shape index (κ2) is 9.84. The van der Waals surface area contributed by atoms with E-state index >= 15 is 0 Å². The van der Waals surface area contributed by atoms with E-state index in [2.05, 4.69) is 11.4 Å². The summed E-state index contributed by atoms with van der Waals surface area (Å²) in [5, 5.41) is 11.3. The average molecular weight is 352 g/mol. The summed E-state index contributed by atoms with van der Waals surface area (Å²) in [6.45, 7) is -0.343. The number of nitrogens with zero attached hydrogens (tertiary/aromatic N) is 1. The molecule has 0 unspecified atom stereocenters. The lowest BCUT2D eigenvalue weighted by atomic mass is 10.1. The van der Waals surface area contributed by atoms with Gasteiger partial charge in [-0.1, -0.05) is 30.3 Å². The minimum atomic E-state index is -0.449. The van der Waals surface area contributed by atoms with E-state index in [1.807, 2.05) is 24.3 Å². The number of rotatable bonds is 8. The van der Waals surface area contributed by atoms with Crippen LogP contribution in [0.5, 0.6) is 5.75 Å². The fourth-order valence-corrected chi connectivity index (χ4v) is 2.36. The maximum atomic E-state index is 11.8. The van der Waals surface area contributed by atoms with Crippen molar-refractivity contribution in [3.8, 4) is 11.8 Å². The Kier molecular flexibility index (Phi) is 7.19. The van der Waals surface area contributed by atoms with Gasteiger partial charge in [0.05, 0.1) is 19.6 Å². The fourth-order valence-electron chi connectivity index (χ4n) is 2.36. The number of aryl methyl sites for hydroxylation is 1. The van der Waals surface area contributed by atoms with Crippen molar-refractivity contribution in [1.29, 1.82) is 5.26 Å². The van der Waals surface area contributed by atoms with Crippen LogP contribution in [0.2, 0.25) is 0 Å². The van der Waals surface area contributed by atoms with Crippen LogP contribution < -0.4 is 10.1 Å². The molecule has 0 bridgehead atoms. The zero-order chi connectivity index (χ0) is 18.8. The number of nitriles is 1. The van der Waals surface area contributed by atoms with Crippen molar-refractivity contribution in [2.24, 2.45) is 0 Å². The average Bonchev–Trinajstić information content (AvgIpc) is 2.66. The van der Waals surface area contributed by atoms with Gasteiger partial charge >= 0.3 is 5.97 Å². The smallest absolute Gasteiger partial charge is 0.306 e. The topological polar surface area (TPSA) is 88.4 Å². The Morgan fingerprint density at radius 3 is 2.54 bits per heavy atom. The Labute approximate surface area is 152 Å². The molecule has 0 heterocycles. The van der Waals surface area contributed by atoms with Gasteiger partial charge < -0.3 is 14.8 Å². The van der Waals surface area contributed by atoms with Crippen molar-refractivity contribution < 1.29 is 19.1 Å². The van der Waals surface area contributed by atoms with Gasteiger partial charge in [0.25, 0.3) is 5.91 Å². The highest BCUT2D eigenvalue weighted by atomic mass is 16.5. The molecule has 0 aliphatic heterocycles. The summed E-state index contributed by atoms with van der Waals surface area (Å²) >= 11 is 0. The number of methoxy groups -OCH3 is 1. The number of para-hydroxylation sites is 1. The molecule has 0 spiro atoms. The van der Waals surface area contributed by atoms with E-state index in [4.69, 9.17) is 14.7 Å². The van der Waals surface area contributed by atoms with Crippen LogP contribution in [-0.4, -0.2) is 25.6 Å². The standard InChI is InChI=1S/C20H20N2O4/c1-25-18-5-3-2-4-16(18)8-11-20(24)26-14-19(23)22-17-9-6-15(7-10-17)12-13-21/h2-7,9-10H,8,11-12,14H2,1H3,(H,22,23). The highest BCUT2D eigenvalue weighted by Gasteiger charge is 2.10. The minimum Gasteiger partial charge on any atom is -0.496 e. The Hall–Kier alpha value is -3.33. The lowest BCUT2D eigenvalue weighted by molar-refractivity contribution is -0.147. The van der Waals surface area contributed by atoms with Gasteiger partial charge in [0, 0.05) is 12.1 Å². The molecule has 0 aromatic heterocycles. The van der Waals surface area contributed by atoms with Crippen molar-refractivity contribution in [3.63, 3.8) is 0 Å². The van der Waals surface area contributed by atoms with E-state index in [-0.39, 0.29) is 13.0 Å². The van der Waals surface area contributed by atoms with E-state index in [9.17, 15) is 9.59 Å². The maximum absolute atomic E-state index is 11.8. The van der Waals surface area contributed by atoms with Gasteiger partial charge in [-0.05, 0) is 35.7 Å². The lowest BCUT2D eigenvalue weighted by Crippen LogP contribution is -2.21. The first-order chi connectivity index (χ1) is 12.6. The Balaban J connectivity index is 1.74. The highest BCUT2D eigenvalue weighted by Crippen LogP contribution is 2.19. The Bertz CT molecular complexity index is 794. The molecule has 0 saturated carbocycles. The molecule has 2 aromatic rings. The van der Waals surface area contributed by atoms with Gasteiger partial charge in [0.1, 0.15) is 5.75 Å². The molecule has 2 rings (SSSR count). The predicted octanol–water partition coefficient (Wildman–Crippen LogP) is 2.88. The van der Waals surface area contributed by atoms with Crippen LogP contribution in [0.1, 0.15) is 17.5 Å². The molecule has 134 valence electrons. The van der Waals surface area contributed by atoms with Crippen molar-refractivity contribution in [3.05, 3.63) is 59.7 Å². The largest absolute Gasteiger partial charge is 0.496 e. The van der Waals surface area contributed by atoms with Crippen LogP contribution in [-0.2, 0) is 27.2 Å². The first-order valence-electron chi connectivity index (χ1n) is 8.15. The van der Waals surface area contributed by atoms with Gasteiger partial charge in [-0.3, -0.25) is 9.59 Å². The van der Waals surface area contributed by atoms with Crippen molar-refractivity contribution in [2.75, 3.05) is 19.0 Å². The number of nitrogens with one attached hydrogen (secondary N) is 1. The Morgan fingerprint density at radius 1 is 1.12 bits per heavy atom. The first-order valence-corrected chi connectivity index (χ1v) is 8.15. The van der Waals surface area contributed by atoms with Crippen LogP contribution in [0.15, 0.2) is 48.5 Å². The third kappa shape index (κ3) is 5.95. The number of carbonyl (C=O) groups is 2. The number of carbonyl (C=O) groups excluding carboxylic acids is 2. The molecule has 1 N–H and O–H groups in total. The molecular weight excluding hydrogens is 332 g/mol. The van der Waals surface area contributed by atoms with E-state index in [0.717, 1.165) is 16.9 Å². The van der Waals surface area contributed by atoms with E-state index < -0.39 is 11.9 Å². The number of ether oxygens (including phenoxy) is 2. The summed E-state index contributed by atoms with van der Waals surface area (Å²) in [5.74, 6) is -0.142. The molecule has 0 saturated heterocycles. The molecule has 0 fully saturated rings. The molecule has 0 radical (unpaired) electrons. The molecule has 2 aromatic carbocycles. The monoisotopic (exact) mass is 352 g/mol. The molecule has 0 aliphatic rings. The first kappa shape index (κ1) is 19.0. The van der Waals surface area contributed by atoms with E-state index in [1.54, 1.807) is 31.4 Å². The maximum Gasteiger partial charge on any atom is 0.306 e. The van der Waals surface area contributed by atoms with Crippen LogP contribution >= 0.6 is 0 Å². The van der Waals surface area contributed by atoms with Gasteiger partial charge in [0.15, 0.2) is 6.61 Å². The molecule has 1 amide bonds. The number of amides is 1. The van der Waals surface area contributed by atoms with Gasteiger partial charge in [-0.15, -0.1) is 0 Å². The quantitative estimate of drug-likeness (QED) is 0.738. The molecule has 6 nitrogen and oxygen atoms in total. The van der Waals surface area contributed by atoms with Crippen molar-refractivity contribution in [1.82, 2.24) is 0 Å². The molecule has 26 heavy (non-hydrogen) atoms. The van der Waals surface area contributed by atoms with Crippen LogP contribution in [0.25, 0.3) is 0 Å². The number of hydrogen-bond acceptors (Lipinski definition) is 5.